The van der Waals surface area contributed by atoms with Gasteiger partial charge >= 0.3 is 0 Å². The number of methoxy groups -OCH3 is 1. The van der Waals surface area contributed by atoms with Crippen LogP contribution in [-0.4, -0.2) is 35.6 Å². The van der Waals surface area contributed by atoms with Gasteiger partial charge in [0.1, 0.15) is 0 Å². The number of hydrogen-bond acceptors (Lipinski definition) is 6. The van der Waals surface area contributed by atoms with E-state index >= 15 is 0 Å². The molecule has 0 amide bonds. The highest BCUT2D eigenvalue weighted by molar-refractivity contribution is 5.59. The first-order chi connectivity index (χ1) is 9.76. The van der Waals surface area contributed by atoms with Crippen LogP contribution in [0.4, 0.5) is 0 Å². The number of phenols is 1. The first kappa shape index (κ1) is 12.9. The van der Waals surface area contributed by atoms with Crippen LogP contribution in [0.3, 0.4) is 0 Å². The second kappa shape index (κ2) is 5.50. The van der Waals surface area contributed by atoms with Crippen molar-refractivity contribution < 1.29 is 19.1 Å². The molecule has 0 spiro atoms. The lowest BCUT2D eigenvalue weighted by atomic mass is 10.1. The second-order valence-electron chi connectivity index (χ2n) is 4.84. The summed E-state index contributed by atoms with van der Waals surface area (Å²) in [6.45, 7) is 1.57. The lowest BCUT2D eigenvalue weighted by Gasteiger charge is -2.03. The molecule has 0 bridgehead atoms. The van der Waals surface area contributed by atoms with E-state index in [-0.39, 0.29) is 5.75 Å². The van der Waals surface area contributed by atoms with Gasteiger partial charge in [-0.25, -0.2) is 0 Å². The Morgan fingerprint density at radius 3 is 3.10 bits per heavy atom. The third kappa shape index (κ3) is 2.60. The average Bonchev–Trinajstić information content (AvgIpc) is 3.12. The minimum atomic E-state index is 0.0825. The maximum Gasteiger partial charge on any atom is 0.258 e. The Kier molecular flexibility index (Phi) is 3.56. The summed E-state index contributed by atoms with van der Waals surface area (Å²) in [4.78, 5) is 4.38. The van der Waals surface area contributed by atoms with E-state index in [0.29, 0.717) is 23.4 Å². The van der Waals surface area contributed by atoms with Gasteiger partial charge in [0, 0.05) is 25.2 Å². The molecule has 2 aromatic rings. The van der Waals surface area contributed by atoms with Gasteiger partial charge in [0.15, 0.2) is 17.3 Å². The van der Waals surface area contributed by atoms with Gasteiger partial charge in [-0.15, -0.1) is 0 Å². The largest absolute Gasteiger partial charge is 0.504 e. The lowest BCUT2D eigenvalue weighted by Crippen LogP contribution is -2.04. The molecule has 1 N–H and O–H groups in total. The van der Waals surface area contributed by atoms with E-state index in [1.165, 1.54) is 7.11 Å². The van der Waals surface area contributed by atoms with Crippen LogP contribution in [0.25, 0.3) is 11.5 Å². The van der Waals surface area contributed by atoms with Crippen molar-refractivity contribution in [3.63, 3.8) is 0 Å². The summed E-state index contributed by atoms with van der Waals surface area (Å²) in [5.74, 6) is 2.04. The zero-order valence-electron chi connectivity index (χ0n) is 11.2. The summed E-state index contributed by atoms with van der Waals surface area (Å²) in [5.41, 5.74) is 0.723. The number of aromatic nitrogens is 2. The van der Waals surface area contributed by atoms with E-state index in [0.717, 1.165) is 31.6 Å². The number of hydrogen-bond donors (Lipinski definition) is 1. The molecule has 0 saturated carbocycles. The van der Waals surface area contributed by atoms with Crippen LogP contribution in [0.2, 0.25) is 0 Å². The molecule has 1 atom stereocenters. The fourth-order valence-corrected chi connectivity index (χ4v) is 2.27. The Hall–Kier alpha value is -2.08. The summed E-state index contributed by atoms with van der Waals surface area (Å²) in [6, 6.07) is 4.93. The average molecular weight is 276 g/mol. The van der Waals surface area contributed by atoms with Gasteiger partial charge < -0.3 is 19.1 Å². The van der Waals surface area contributed by atoms with Crippen molar-refractivity contribution in [2.45, 2.75) is 12.8 Å². The zero-order chi connectivity index (χ0) is 13.9. The maximum atomic E-state index is 9.57. The predicted molar refractivity (Wildman–Crippen MR) is 70.6 cm³/mol. The smallest absolute Gasteiger partial charge is 0.258 e. The minimum Gasteiger partial charge on any atom is -0.504 e. The number of phenolic OH excluding ortho intramolecular Hbond substituents is 1. The van der Waals surface area contributed by atoms with E-state index in [2.05, 4.69) is 10.1 Å². The Morgan fingerprint density at radius 2 is 2.35 bits per heavy atom. The fourth-order valence-electron chi connectivity index (χ4n) is 2.27. The van der Waals surface area contributed by atoms with Crippen LogP contribution in [0.1, 0.15) is 12.2 Å². The first-order valence-corrected chi connectivity index (χ1v) is 6.54. The molecule has 1 fully saturated rings. The van der Waals surface area contributed by atoms with E-state index in [4.69, 9.17) is 14.0 Å². The summed E-state index contributed by atoms with van der Waals surface area (Å²) in [7, 11) is 1.50. The van der Waals surface area contributed by atoms with Crippen molar-refractivity contribution in [1.82, 2.24) is 10.1 Å². The SMILES string of the molecule is COc1cc(-c2nc(CC3CCOC3)no2)ccc1O. The maximum absolute atomic E-state index is 9.57. The summed E-state index contributed by atoms with van der Waals surface area (Å²) in [5, 5.41) is 13.6. The topological polar surface area (TPSA) is 77.6 Å². The molecule has 1 aliphatic rings. The Morgan fingerprint density at radius 1 is 1.45 bits per heavy atom. The van der Waals surface area contributed by atoms with Crippen LogP contribution in [0.15, 0.2) is 22.7 Å². The molecule has 6 heteroatoms. The van der Waals surface area contributed by atoms with Gasteiger partial charge in [-0.05, 0) is 30.5 Å². The minimum absolute atomic E-state index is 0.0825. The van der Waals surface area contributed by atoms with Crippen LogP contribution < -0.4 is 4.74 Å². The van der Waals surface area contributed by atoms with E-state index in [1.807, 2.05) is 0 Å². The van der Waals surface area contributed by atoms with E-state index < -0.39 is 0 Å². The van der Waals surface area contributed by atoms with Crippen molar-refractivity contribution in [3.05, 3.63) is 24.0 Å². The van der Waals surface area contributed by atoms with Crippen LogP contribution in [0, 0.1) is 5.92 Å². The third-order valence-corrected chi connectivity index (χ3v) is 3.39. The molecule has 0 radical (unpaired) electrons. The molecule has 1 aliphatic heterocycles. The molecular formula is C14H16N2O4. The highest BCUT2D eigenvalue weighted by Gasteiger charge is 2.19. The van der Waals surface area contributed by atoms with Crippen LogP contribution in [0.5, 0.6) is 11.5 Å². The van der Waals surface area contributed by atoms with Crippen molar-refractivity contribution in [2.24, 2.45) is 5.92 Å². The quantitative estimate of drug-likeness (QED) is 0.920. The molecular weight excluding hydrogens is 260 g/mol. The predicted octanol–water partition coefficient (Wildman–Crippen LogP) is 2.03. The number of rotatable bonds is 4. The molecule has 106 valence electrons. The Bertz CT molecular complexity index is 591. The van der Waals surface area contributed by atoms with Gasteiger partial charge in [-0.1, -0.05) is 5.16 Å². The number of nitrogens with zero attached hydrogens (tertiary/aromatic N) is 2. The van der Waals surface area contributed by atoms with Gasteiger partial charge in [0.25, 0.3) is 5.89 Å². The van der Waals surface area contributed by atoms with Crippen molar-refractivity contribution >= 4 is 0 Å². The molecule has 3 rings (SSSR count). The highest BCUT2D eigenvalue weighted by atomic mass is 16.5. The monoisotopic (exact) mass is 276 g/mol. The van der Waals surface area contributed by atoms with Crippen molar-refractivity contribution in [3.8, 4) is 23.0 Å². The zero-order valence-corrected chi connectivity index (χ0v) is 11.2. The molecule has 1 saturated heterocycles. The van der Waals surface area contributed by atoms with Gasteiger partial charge in [-0.2, -0.15) is 4.98 Å². The number of benzene rings is 1. The summed E-state index contributed by atoms with van der Waals surface area (Å²) < 4.78 is 15.7. The van der Waals surface area contributed by atoms with Crippen molar-refractivity contribution in [1.29, 1.82) is 0 Å². The Balaban J connectivity index is 1.78. The summed E-state index contributed by atoms with van der Waals surface area (Å²) >= 11 is 0. The fraction of sp³-hybridized carbons (Fsp3) is 0.429. The lowest BCUT2D eigenvalue weighted by molar-refractivity contribution is 0.185. The van der Waals surface area contributed by atoms with E-state index in [9.17, 15) is 5.11 Å². The van der Waals surface area contributed by atoms with E-state index in [1.54, 1.807) is 18.2 Å². The van der Waals surface area contributed by atoms with Gasteiger partial charge in [0.05, 0.1) is 7.11 Å². The molecule has 1 aromatic heterocycles. The van der Waals surface area contributed by atoms with Gasteiger partial charge in [-0.3, -0.25) is 0 Å². The molecule has 0 aliphatic carbocycles. The van der Waals surface area contributed by atoms with Crippen LogP contribution >= 0.6 is 0 Å². The third-order valence-electron chi connectivity index (χ3n) is 3.39. The molecule has 2 heterocycles. The standard InChI is InChI=1S/C14H16N2O4/c1-18-12-7-10(2-3-11(12)17)14-15-13(16-20-14)6-9-4-5-19-8-9/h2-3,7,9,17H,4-6,8H2,1H3. The van der Waals surface area contributed by atoms with Crippen LogP contribution in [-0.2, 0) is 11.2 Å². The highest BCUT2D eigenvalue weighted by Crippen LogP contribution is 2.30. The molecule has 6 nitrogen and oxygen atoms in total. The Labute approximate surface area is 116 Å². The molecule has 20 heavy (non-hydrogen) atoms. The van der Waals surface area contributed by atoms with Crippen molar-refractivity contribution in [2.75, 3.05) is 20.3 Å². The second-order valence-corrected chi connectivity index (χ2v) is 4.84. The number of ether oxygens (including phenoxy) is 2. The normalized spacial score (nSPS) is 18.4. The number of aromatic hydroxyl groups is 1. The van der Waals surface area contributed by atoms with Gasteiger partial charge in [0.2, 0.25) is 0 Å². The first-order valence-electron chi connectivity index (χ1n) is 6.54. The molecule has 1 unspecified atom stereocenters. The molecule has 1 aromatic carbocycles. The summed E-state index contributed by atoms with van der Waals surface area (Å²) in [6.07, 6.45) is 1.80.